The summed E-state index contributed by atoms with van der Waals surface area (Å²) in [4.78, 5) is 2.61. The van der Waals surface area contributed by atoms with Gasteiger partial charge < -0.3 is 4.90 Å². The van der Waals surface area contributed by atoms with E-state index < -0.39 is 0 Å². The fraction of sp³-hybridized carbons (Fsp3) is 0.667. The van der Waals surface area contributed by atoms with Gasteiger partial charge in [-0.1, -0.05) is 34.1 Å². The third-order valence-corrected chi connectivity index (χ3v) is 4.47. The molecule has 1 aliphatic heterocycles. The summed E-state index contributed by atoms with van der Waals surface area (Å²) in [5.74, 6) is 0. The van der Waals surface area contributed by atoms with Crippen LogP contribution in [0.1, 0.15) is 40.7 Å². The molecule has 0 atom stereocenters. The van der Waals surface area contributed by atoms with Gasteiger partial charge in [-0.05, 0) is 32.5 Å². The Balaban J connectivity index is 0.000000550. The van der Waals surface area contributed by atoms with Gasteiger partial charge in [-0.3, -0.25) is 0 Å². The Kier molecular flexibility index (Phi) is 7.96. The molecule has 0 radical (unpaired) electrons. The van der Waals surface area contributed by atoms with Gasteiger partial charge in [0.1, 0.15) is 0 Å². The minimum absolute atomic E-state index is 0.181. The van der Waals surface area contributed by atoms with E-state index in [2.05, 4.69) is 32.6 Å². The summed E-state index contributed by atoms with van der Waals surface area (Å²) in [6.07, 6.45) is 4.04. The number of halogens is 2. The predicted octanol–water partition coefficient (Wildman–Crippen LogP) is 4.65. The summed E-state index contributed by atoms with van der Waals surface area (Å²) in [6.45, 7) is 13.0. The van der Waals surface area contributed by atoms with Crippen LogP contribution >= 0.6 is 20.1 Å². The Morgan fingerprint density at radius 1 is 1.00 bits per heavy atom. The number of hydrogen-bond acceptors (Lipinski definition) is 1. The van der Waals surface area contributed by atoms with Crippen molar-refractivity contribution in [3.63, 3.8) is 0 Å². The average molecular weight is 341 g/mol. The van der Waals surface area contributed by atoms with E-state index in [0.29, 0.717) is 0 Å². The van der Waals surface area contributed by atoms with Crippen molar-refractivity contribution < 1.29 is 13.4 Å². The molecular formula is C15H24Cl2CrN-. The Bertz CT molecular complexity index is 370. The molecular weight excluding hydrogens is 317 g/mol. The molecule has 2 rings (SSSR count). The zero-order chi connectivity index (χ0) is 14.4. The van der Waals surface area contributed by atoms with Gasteiger partial charge in [0.15, 0.2) is 0 Å². The van der Waals surface area contributed by atoms with Crippen molar-refractivity contribution in [3.05, 3.63) is 27.8 Å². The van der Waals surface area contributed by atoms with E-state index in [-0.39, 0.29) is 13.4 Å². The molecule has 1 heterocycles. The molecule has 1 aromatic rings. The van der Waals surface area contributed by atoms with Crippen LogP contribution in [0.25, 0.3) is 0 Å². The van der Waals surface area contributed by atoms with Gasteiger partial charge in [-0.2, -0.15) is 22.3 Å². The van der Waals surface area contributed by atoms with Crippen molar-refractivity contribution in [3.8, 4) is 0 Å². The van der Waals surface area contributed by atoms with Crippen LogP contribution in [0, 0.1) is 27.7 Å². The van der Waals surface area contributed by atoms with Crippen LogP contribution in [0.2, 0.25) is 0 Å². The molecule has 0 N–H and O–H groups in total. The van der Waals surface area contributed by atoms with Crippen LogP contribution in [0.3, 0.4) is 0 Å². The van der Waals surface area contributed by atoms with E-state index in [4.69, 9.17) is 20.1 Å². The normalized spacial score (nSPS) is 15.5. The molecule has 110 valence electrons. The summed E-state index contributed by atoms with van der Waals surface area (Å²) in [6, 6.07) is 0. The SMILES string of the molecule is Cc1c(C)c(C)[c-](CCN2CCCC2)c1C.[Cl][Cr][Cl]. The molecule has 19 heavy (non-hydrogen) atoms. The number of rotatable bonds is 3. The van der Waals surface area contributed by atoms with Gasteiger partial charge in [0.05, 0.1) is 0 Å². The van der Waals surface area contributed by atoms with Crippen molar-refractivity contribution >= 4 is 20.1 Å². The second-order valence-corrected chi connectivity index (χ2v) is 7.44. The molecule has 0 unspecified atom stereocenters. The molecule has 0 aromatic heterocycles. The first-order chi connectivity index (χ1) is 9.02. The Morgan fingerprint density at radius 2 is 1.42 bits per heavy atom. The number of nitrogens with zero attached hydrogens (tertiary/aromatic N) is 1. The van der Waals surface area contributed by atoms with Crippen LogP contribution in [0.5, 0.6) is 0 Å². The number of hydrogen-bond donors (Lipinski definition) is 0. The van der Waals surface area contributed by atoms with Gasteiger partial charge in [-0.15, -0.1) is 5.56 Å². The first kappa shape index (κ1) is 17.5. The first-order valence-electron chi connectivity index (χ1n) is 6.86. The van der Waals surface area contributed by atoms with Crippen LogP contribution in [0.4, 0.5) is 0 Å². The zero-order valence-corrected chi connectivity index (χ0v) is 15.1. The summed E-state index contributed by atoms with van der Waals surface area (Å²) in [7, 11) is 9.65. The summed E-state index contributed by atoms with van der Waals surface area (Å²) < 4.78 is 0. The Hall–Kier alpha value is 0.422. The molecule has 1 saturated heterocycles. The monoisotopic (exact) mass is 340 g/mol. The maximum atomic E-state index is 4.83. The van der Waals surface area contributed by atoms with E-state index >= 15 is 0 Å². The van der Waals surface area contributed by atoms with Crippen molar-refractivity contribution in [2.75, 3.05) is 19.6 Å². The zero-order valence-electron chi connectivity index (χ0n) is 12.4. The van der Waals surface area contributed by atoms with E-state index in [9.17, 15) is 0 Å². The molecule has 1 nitrogen and oxygen atoms in total. The van der Waals surface area contributed by atoms with Crippen molar-refractivity contribution in [1.29, 1.82) is 0 Å². The second-order valence-electron chi connectivity index (χ2n) is 5.34. The van der Waals surface area contributed by atoms with Crippen LogP contribution < -0.4 is 0 Å². The van der Waals surface area contributed by atoms with Gasteiger partial charge in [-0.25, -0.2) is 0 Å². The minimum atomic E-state index is -0.181. The third-order valence-electron chi connectivity index (χ3n) is 4.47. The van der Waals surface area contributed by atoms with Crippen LogP contribution in [-0.2, 0) is 19.8 Å². The fourth-order valence-corrected chi connectivity index (χ4v) is 2.95. The topological polar surface area (TPSA) is 3.24 Å². The number of likely N-dealkylation sites (tertiary alicyclic amines) is 1. The van der Waals surface area contributed by atoms with Crippen molar-refractivity contribution in [1.82, 2.24) is 4.90 Å². The van der Waals surface area contributed by atoms with Crippen LogP contribution in [0.15, 0.2) is 0 Å². The van der Waals surface area contributed by atoms with Gasteiger partial charge in [0.25, 0.3) is 0 Å². The molecule has 4 heteroatoms. The summed E-state index contributed by atoms with van der Waals surface area (Å²) in [5, 5.41) is 0. The molecule has 0 amide bonds. The summed E-state index contributed by atoms with van der Waals surface area (Å²) >= 11 is -0.181. The molecule has 0 bridgehead atoms. The first-order valence-corrected chi connectivity index (χ1v) is 10.4. The molecule has 0 saturated carbocycles. The molecule has 0 aliphatic carbocycles. The van der Waals surface area contributed by atoms with Crippen molar-refractivity contribution in [2.24, 2.45) is 0 Å². The molecule has 1 fully saturated rings. The van der Waals surface area contributed by atoms with E-state index in [0.717, 1.165) is 0 Å². The standard InChI is InChI=1S/C15H24N.2ClH.Cr/c1-11-12(2)14(4)15(13(11)3)7-10-16-8-5-6-9-16;;;/h5-10H2,1-4H3;2*1H;/q-1;;;+2/p-2. The fourth-order valence-electron chi connectivity index (χ4n) is 2.95. The quantitative estimate of drug-likeness (QED) is 0.723. The van der Waals surface area contributed by atoms with Gasteiger partial charge >= 0.3 is 33.5 Å². The second kappa shape index (κ2) is 8.65. The molecule has 1 aromatic carbocycles. The predicted molar refractivity (Wildman–Crippen MR) is 82.1 cm³/mol. The molecule has 1 aliphatic rings. The average Bonchev–Trinajstić information content (AvgIpc) is 2.95. The third kappa shape index (κ3) is 4.73. The Labute approximate surface area is 132 Å². The van der Waals surface area contributed by atoms with Gasteiger partial charge in [0.2, 0.25) is 0 Å². The van der Waals surface area contributed by atoms with Crippen molar-refractivity contribution in [2.45, 2.75) is 47.0 Å². The van der Waals surface area contributed by atoms with E-state index in [1.54, 1.807) is 5.56 Å². The summed E-state index contributed by atoms with van der Waals surface area (Å²) in [5.41, 5.74) is 7.70. The van der Waals surface area contributed by atoms with E-state index in [1.807, 2.05) is 0 Å². The van der Waals surface area contributed by atoms with E-state index in [1.165, 1.54) is 61.2 Å². The van der Waals surface area contributed by atoms with Crippen LogP contribution in [-0.4, -0.2) is 24.5 Å². The maximum absolute atomic E-state index is 4.83. The van der Waals surface area contributed by atoms with Gasteiger partial charge in [0, 0.05) is 0 Å². The Morgan fingerprint density at radius 3 is 1.84 bits per heavy atom. The molecule has 0 spiro atoms.